The van der Waals surface area contributed by atoms with Crippen LogP contribution in [0.3, 0.4) is 0 Å². The molecule has 2 unspecified atom stereocenters. The van der Waals surface area contributed by atoms with Crippen LogP contribution in [0.15, 0.2) is 18.2 Å². The lowest BCUT2D eigenvalue weighted by Crippen LogP contribution is -2.53. The number of rotatable bonds is 0. The number of aromatic hydroxyl groups is 1. The number of piperidine rings is 1. The van der Waals surface area contributed by atoms with Crippen molar-refractivity contribution in [3.05, 3.63) is 23.8 Å². The van der Waals surface area contributed by atoms with Gasteiger partial charge >= 0.3 is 0 Å². The Morgan fingerprint density at radius 3 is 3.19 bits per heavy atom. The Morgan fingerprint density at radius 2 is 2.31 bits per heavy atom. The quantitative estimate of drug-likeness (QED) is 0.690. The molecular formula is C13H18N2O. The molecule has 1 fully saturated rings. The van der Waals surface area contributed by atoms with Crippen LogP contribution < -0.4 is 10.2 Å². The van der Waals surface area contributed by atoms with E-state index in [4.69, 9.17) is 0 Å². The maximum atomic E-state index is 9.56. The van der Waals surface area contributed by atoms with Gasteiger partial charge in [-0.3, -0.25) is 0 Å². The lowest BCUT2D eigenvalue weighted by molar-refractivity contribution is 0.302. The third kappa shape index (κ3) is 1.47. The van der Waals surface area contributed by atoms with Crippen LogP contribution in [0.25, 0.3) is 0 Å². The molecule has 1 aromatic carbocycles. The van der Waals surface area contributed by atoms with Gasteiger partial charge in [-0.05, 0) is 36.9 Å². The summed E-state index contributed by atoms with van der Waals surface area (Å²) in [7, 11) is 2.14. The Bertz CT molecular complexity index is 405. The van der Waals surface area contributed by atoms with E-state index in [0.29, 0.717) is 11.8 Å². The molecule has 0 spiro atoms. The summed E-state index contributed by atoms with van der Waals surface area (Å²) < 4.78 is 0. The SMILES string of the molecule is CN1c2cc(O)ccc2CC2CCNCC21. The van der Waals surface area contributed by atoms with Crippen molar-refractivity contribution < 1.29 is 5.11 Å². The second kappa shape index (κ2) is 3.67. The van der Waals surface area contributed by atoms with Gasteiger partial charge in [-0.1, -0.05) is 6.07 Å². The van der Waals surface area contributed by atoms with Gasteiger partial charge in [-0.25, -0.2) is 0 Å². The first kappa shape index (κ1) is 9.97. The summed E-state index contributed by atoms with van der Waals surface area (Å²) in [4.78, 5) is 2.33. The van der Waals surface area contributed by atoms with E-state index in [1.807, 2.05) is 6.07 Å². The largest absolute Gasteiger partial charge is 0.508 e. The van der Waals surface area contributed by atoms with Crippen LogP contribution >= 0.6 is 0 Å². The lowest BCUT2D eigenvalue weighted by Gasteiger charge is -2.44. The number of phenols is 1. The first-order valence-electron chi connectivity index (χ1n) is 6.01. The normalized spacial score (nSPS) is 28.4. The summed E-state index contributed by atoms with van der Waals surface area (Å²) in [5, 5.41) is 13.0. The molecule has 0 amide bonds. The highest BCUT2D eigenvalue weighted by Gasteiger charge is 2.33. The molecule has 2 heterocycles. The van der Waals surface area contributed by atoms with E-state index in [9.17, 15) is 5.11 Å². The van der Waals surface area contributed by atoms with Crippen LogP contribution in [0.4, 0.5) is 5.69 Å². The Labute approximate surface area is 96.1 Å². The van der Waals surface area contributed by atoms with Crippen LogP contribution in [0.5, 0.6) is 5.75 Å². The molecule has 2 atom stereocenters. The molecule has 3 heteroatoms. The minimum atomic E-state index is 0.368. The van der Waals surface area contributed by atoms with Gasteiger partial charge in [0, 0.05) is 31.4 Å². The van der Waals surface area contributed by atoms with Crippen molar-refractivity contribution in [2.75, 3.05) is 25.0 Å². The predicted octanol–water partition coefficient (Wildman–Crippen LogP) is 1.36. The molecule has 0 saturated carbocycles. The molecule has 0 aliphatic carbocycles. The average Bonchev–Trinajstić information content (AvgIpc) is 2.31. The van der Waals surface area contributed by atoms with Crippen molar-refractivity contribution in [1.29, 1.82) is 0 Å². The number of hydrogen-bond acceptors (Lipinski definition) is 3. The fourth-order valence-electron chi connectivity index (χ4n) is 3.10. The predicted molar refractivity (Wildman–Crippen MR) is 65.0 cm³/mol. The van der Waals surface area contributed by atoms with Crippen molar-refractivity contribution in [2.24, 2.45) is 5.92 Å². The third-order valence-corrected chi connectivity index (χ3v) is 4.02. The van der Waals surface area contributed by atoms with Gasteiger partial charge < -0.3 is 15.3 Å². The highest BCUT2D eigenvalue weighted by molar-refractivity contribution is 5.59. The van der Waals surface area contributed by atoms with E-state index in [0.717, 1.165) is 25.4 Å². The van der Waals surface area contributed by atoms with Crippen LogP contribution in [-0.2, 0) is 6.42 Å². The fraction of sp³-hybridized carbons (Fsp3) is 0.538. The number of fused-ring (bicyclic) bond motifs is 2. The standard InChI is InChI=1S/C13H18N2O/c1-15-12-7-11(16)3-2-9(12)6-10-4-5-14-8-13(10)15/h2-3,7,10,13-14,16H,4-6,8H2,1H3. The summed E-state index contributed by atoms with van der Waals surface area (Å²) in [6, 6.07) is 6.34. The summed E-state index contributed by atoms with van der Waals surface area (Å²) >= 11 is 0. The number of phenolic OH excluding ortho intramolecular Hbond substituents is 1. The Morgan fingerprint density at radius 1 is 1.44 bits per heavy atom. The van der Waals surface area contributed by atoms with E-state index in [1.54, 1.807) is 6.07 Å². The van der Waals surface area contributed by atoms with Gasteiger partial charge in [0.1, 0.15) is 5.75 Å². The molecular weight excluding hydrogens is 200 g/mol. The Hall–Kier alpha value is -1.22. The van der Waals surface area contributed by atoms with Gasteiger partial charge in [0.05, 0.1) is 0 Å². The minimum Gasteiger partial charge on any atom is -0.508 e. The summed E-state index contributed by atoms with van der Waals surface area (Å²) in [5.41, 5.74) is 2.58. The van der Waals surface area contributed by atoms with Crippen molar-refractivity contribution in [3.63, 3.8) is 0 Å². The smallest absolute Gasteiger partial charge is 0.117 e. The van der Waals surface area contributed by atoms with Gasteiger partial charge in [-0.15, -0.1) is 0 Å². The molecule has 86 valence electrons. The average molecular weight is 218 g/mol. The highest BCUT2D eigenvalue weighted by Crippen LogP contribution is 2.36. The van der Waals surface area contributed by atoms with Crippen molar-refractivity contribution in [2.45, 2.75) is 18.9 Å². The number of hydrogen-bond donors (Lipinski definition) is 2. The lowest BCUT2D eigenvalue weighted by atomic mass is 9.82. The van der Waals surface area contributed by atoms with E-state index < -0.39 is 0 Å². The maximum Gasteiger partial charge on any atom is 0.117 e. The molecule has 16 heavy (non-hydrogen) atoms. The first-order chi connectivity index (χ1) is 7.75. The number of nitrogens with zero attached hydrogens (tertiary/aromatic N) is 1. The molecule has 3 nitrogen and oxygen atoms in total. The van der Waals surface area contributed by atoms with Gasteiger partial charge in [-0.2, -0.15) is 0 Å². The Balaban J connectivity index is 2.00. The van der Waals surface area contributed by atoms with Gasteiger partial charge in [0.15, 0.2) is 0 Å². The first-order valence-corrected chi connectivity index (χ1v) is 6.01. The molecule has 1 aromatic rings. The van der Waals surface area contributed by atoms with Crippen molar-refractivity contribution >= 4 is 5.69 Å². The summed E-state index contributed by atoms with van der Waals surface area (Å²) in [6.45, 7) is 2.21. The molecule has 0 aromatic heterocycles. The van der Waals surface area contributed by atoms with Crippen LogP contribution in [-0.4, -0.2) is 31.3 Å². The molecule has 2 N–H and O–H groups in total. The van der Waals surface area contributed by atoms with Crippen molar-refractivity contribution in [1.82, 2.24) is 5.32 Å². The number of nitrogens with one attached hydrogen (secondary N) is 1. The zero-order valence-corrected chi connectivity index (χ0v) is 9.61. The number of anilines is 1. The summed E-state index contributed by atoms with van der Waals surface area (Å²) in [6.07, 6.45) is 2.42. The van der Waals surface area contributed by atoms with E-state index >= 15 is 0 Å². The van der Waals surface area contributed by atoms with Crippen molar-refractivity contribution in [3.8, 4) is 5.75 Å². The van der Waals surface area contributed by atoms with Crippen LogP contribution in [0.2, 0.25) is 0 Å². The second-order valence-electron chi connectivity index (χ2n) is 4.95. The molecule has 2 aliphatic heterocycles. The zero-order chi connectivity index (χ0) is 11.1. The van der Waals surface area contributed by atoms with Crippen LogP contribution in [0, 0.1) is 5.92 Å². The molecule has 1 saturated heterocycles. The molecule has 0 bridgehead atoms. The molecule has 2 aliphatic rings. The van der Waals surface area contributed by atoms with Gasteiger partial charge in [0.2, 0.25) is 0 Å². The van der Waals surface area contributed by atoms with E-state index in [1.165, 1.54) is 17.7 Å². The molecule has 0 radical (unpaired) electrons. The molecule has 3 rings (SSSR count). The highest BCUT2D eigenvalue weighted by atomic mass is 16.3. The summed E-state index contributed by atoms with van der Waals surface area (Å²) in [5.74, 6) is 1.14. The third-order valence-electron chi connectivity index (χ3n) is 4.02. The maximum absolute atomic E-state index is 9.56. The van der Waals surface area contributed by atoms with E-state index in [2.05, 4.69) is 23.3 Å². The Kier molecular flexibility index (Phi) is 2.28. The van der Waals surface area contributed by atoms with Crippen LogP contribution in [0.1, 0.15) is 12.0 Å². The fourth-order valence-corrected chi connectivity index (χ4v) is 3.10. The van der Waals surface area contributed by atoms with E-state index in [-0.39, 0.29) is 0 Å². The minimum absolute atomic E-state index is 0.368. The second-order valence-corrected chi connectivity index (χ2v) is 4.95. The number of likely N-dealkylation sites (N-methyl/N-ethyl adjacent to an activating group) is 1. The number of benzene rings is 1. The van der Waals surface area contributed by atoms with Gasteiger partial charge in [0.25, 0.3) is 0 Å². The zero-order valence-electron chi connectivity index (χ0n) is 9.61. The monoisotopic (exact) mass is 218 g/mol. The topological polar surface area (TPSA) is 35.5 Å².